The molecule has 0 amide bonds. The van der Waals surface area contributed by atoms with Crippen molar-refractivity contribution < 1.29 is 14.7 Å². The van der Waals surface area contributed by atoms with E-state index in [4.69, 9.17) is 0 Å². The average molecular weight is 213 g/mol. The molecule has 80 valence electrons. The smallest absolute Gasteiger partial charge is 0.169 e. The van der Waals surface area contributed by atoms with Crippen LogP contribution in [-0.4, -0.2) is 11.8 Å². The van der Waals surface area contributed by atoms with Crippen molar-refractivity contribution in [3.05, 3.63) is 48.0 Å². The SMILES string of the molecule is O=C([O-])CC(=O)c1cccc2ccccc12. The topological polar surface area (TPSA) is 57.2 Å². The minimum Gasteiger partial charge on any atom is -0.550 e. The molecular formula is C13H9O3-. The maximum atomic E-state index is 11.6. The Hall–Kier alpha value is -2.16. The molecule has 3 heteroatoms. The van der Waals surface area contributed by atoms with Crippen LogP contribution in [0.15, 0.2) is 42.5 Å². The van der Waals surface area contributed by atoms with Crippen molar-refractivity contribution in [1.82, 2.24) is 0 Å². The highest BCUT2D eigenvalue weighted by atomic mass is 16.4. The fraction of sp³-hybridized carbons (Fsp3) is 0.0769. The molecule has 0 aliphatic rings. The molecule has 0 aliphatic heterocycles. The lowest BCUT2D eigenvalue weighted by molar-refractivity contribution is -0.304. The predicted molar refractivity (Wildman–Crippen MR) is 57.9 cm³/mol. The van der Waals surface area contributed by atoms with Gasteiger partial charge in [-0.15, -0.1) is 0 Å². The monoisotopic (exact) mass is 213 g/mol. The molecule has 0 saturated heterocycles. The zero-order chi connectivity index (χ0) is 11.5. The standard InChI is InChI=1S/C13H10O3/c14-12(8-13(15)16)11-7-3-5-9-4-1-2-6-10(9)11/h1-7H,8H2,(H,15,16)/p-1. The molecule has 0 fully saturated rings. The number of carboxylic acids is 1. The molecule has 0 unspecified atom stereocenters. The molecule has 0 N–H and O–H groups in total. The number of rotatable bonds is 3. The summed E-state index contributed by atoms with van der Waals surface area (Å²) >= 11 is 0. The number of aliphatic carboxylic acids is 1. The largest absolute Gasteiger partial charge is 0.550 e. The second-order valence-electron chi connectivity index (χ2n) is 3.50. The van der Waals surface area contributed by atoms with Crippen molar-refractivity contribution in [1.29, 1.82) is 0 Å². The number of hydrogen-bond donors (Lipinski definition) is 0. The van der Waals surface area contributed by atoms with E-state index in [2.05, 4.69) is 0 Å². The Morgan fingerprint density at radius 2 is 1.69 bits per heavy atom. The molecular weight excluding hydrogens is 204 g/mol. The summed E-state index contributed by atoms with van der Waals surface area (Å²) in [6.45, 7) is 0. The minimum absolute atomic E-state index is 0.420. The van der Waals surface area contributed by atoms with Gasteiger partial charge in [0.05, 0.1) is 6.42 Å². The van der Waals surface area contributed by atoms with Gasteiger partial charge < -0.3 is 9.90 Å². The molecule has 2 rings (SSSR count). The first-order valence-corrected chi connectivity index (χ1v) is 4.89. The van der Waals surface area contributed by atoms with Crippen molar-refractivity contribution in [2.45, 2.75) is 6.42 Å². The number of benzene rings is 2. The molecule has 2 aromatic carbocycles. The Morgan fingerprint density at radius 3 is 2.44 bits per heavy atom. The predicted octanol–water partition coefficient (Wildman–Crippen LogP) is 1.16. The van der Waals surface area contributed by atoms with Crippen LogP contribution in [0, 0.1) is 0 Å². The van der Waals surface area contributed by atoms with Gasteiger partial charge in [-0.25, -0.2) is 0 Å². The summed E-state index contributed by atoms with van der Waals surface area (Å²) in [5.41, 5.74) is 0.433. The summed E-state index contributed by atoms with van der Waals surface area (Å²) < 4.78 is 0. The number of fused-ring (bicyclic) bond motifs is 1. The fourth-order valence-electron chi connectivity index (χ4n) is 1.69. The van der Waals surface area contributed by atoms with Crippen molar-refractivity contribution >= 4 is 22.5 Å². The summed E-state index contributed by atoms with van der Waals surface area (Å²) in [6.07, 6.45) is -0.575. The third kappa shape index (κ3) is 1.93. The third-order valence-electron chi connectivity index (χ3n) is 2.39. The Balaban J connectivity index is 2.52. The first-order chi connectivity index (χ1) is 7.68. The number of carboxylic acid groups (broad SMARTS) is 1. The van der Waals surface area contributed by atoms with Gasteiger partial charge in [-0.1, -0.05) is 42.5 Å². The third-order valence-corrected chi connectivity index (χ3v) is 2.39. The van der Waals surface area contributed by atoms with Crippen LogP contribution in [0.2, 0.25) is 0 Å². The van der Waals surface area contributed by atoms with E-state index in [1.807, 2.05) is 24.3 Å². The zero-order valence-corrected chi connectivity index (χ0v) is 8.47. The average Bonchev–Trinajstić information content (AvgIpc) is 2.27. The highest BCUT2D eigenvalue weighted by Gasteiger charge is 2.09. The van der Waals surface area contributed by atoms with Gasteiger partial charge in [0.25, 0.3) is 0 Å². The molecule has 0 saturated carbocycles. The van der Waals surface area contributed by atoms with E-state index in [-0.39, 0.29) is 0 Å². The maximum absolute atomic E-state index is 11.6. The van der Waals surface area contributed by atoms with Crippen LogP contribution in [0.4, 0.5) is 0 Å². The summed E-state index contributed by atoms with van der Waals surface area (Å²) in [4.78, 5) is 22.0. The van der Waals surface area contributed by atoms with E-state index in [0.717, 1.165) is 10.8 Å². The molecule has 2 aromatic rings. The van der Waals surface area contributed by atoms with Crippen LogP contribution < -0.4 is 5.11 Å². The summed E-state index contributed by atoms with van der Waals surface area (Å²) in [6, 6.07) is 12.6. The lowest BCUT2D eigenvalue weighted by Crippen LogP contribution is -2.25. The van der Waals surface area contributed by atoms with Gasteiger partial charge in [0.1, 0.15) is 0 Å². The van der Waals surface area contributed by atoms with Gasteiger partial charge in [0.15, 0.2) is 5.78 Å². The molecule has 0 atom stereocenters. The lowest BCUT2D eigenvalue weighted by Gasteiger charge is -2.05. The Morgan fingerprint density at radius 1 is 1.00 bits per heavy atom. The van der Waals surface area contributed by atoms with Crippen molar-refractivity contribution in [3.8, 4) is 0 Å². The fourth-order valence-corrected chi connectivity index (χ4v) is 1.69. The Bertz CT molecular complexity index is 553. The Labute approximate surface area is 92.3 Å². The quantitative estimate of drug-likeness (QED) is 0.568. The van der Waals surface area contributed by atoms with Gasteiger partial charge in [0.2, 0.25) is 0 Å². The van der Waals surface area contributed by atoms with Gasteiger partial charge in [-0.05, 0) is 10.8 Å². The first-order valence-electron chi connectivity index (χ1n) is 4.89. The van der Waals surface area contributed by atoms with Crippen LogP contribution in [0.25, 0.3) is 10.8 Å². The first kappa shape index (κ1) is 10.4. The summed E-state index contributed by atoms with van der Waals surface area (Å²) in [7, 11) is 0. The maximum Gasteiger partial charge on any atom is 0.169 e. The Kier molecular flexibility index (Phi) is 2.68. The van der Waals surface area contributed by atoms with Gasteiger partial charge in [0, 0.05) is 11.5 Å². The zero-order valence-electron chi connectivity index (χ0n) is 8.47. The van der Waals surface area contributed by atoms with E-state index in [1.54, 1.807) is 18.2 Å². The van der Waals surface area contributed by atoms with Crippen molar-refractivity contribution in [3.63, 3.8) is 0 Å². The van der Waals surface area contributed by atoms with E-state index in [1.165, 1.54) is 0 Å². The van der Waals surface area contributed by atoms with Crippen LogP contribution in [0.1, 0.15) is 16.8 Å². The van der Waals surface area contributed by atoms with E-state index in [0.29, 0.717) is 5.56 Å². The lowest BCUT2D eigenvalue weighted by atomic mass is 10.00. The summed E-state index contributed by atoms with van der Waals surface area (Å²) in [5, 5.41) is 12.1. The van der Waals surface area contributed by atoms with E-state index >= 15 is 0 Å². The van der Waals surface area contributed by atoms with Crippen molar-refractivity contribution in [2.75, 3.05) is 0 Å². The number of carbonyl (C=O) groups excluding carboxylic acids is 2. The molecule has 3 nitrogen and oxygen atoms in total. The van der Waals surface area contributed by atoms with Gasteiger partial charge in [-0.2, -0.15) is 0 Å². The van der Waals surface area contributed by atoms with E-state index in [9.17, 15) is 14.7 Å². The van der Waals surface area contributed by atoms with Gasteiger partial charge in [-0.3, -0.25) is 4.79 Å². The minimum atomic E-state index is -1.35. The molecule has 0 bridgehead atoms. The molecule has 0 spiro atoms. The van der Waals surface area contributed by atoms with Gasteiger partial charge >= 0.3 is 0 Å². The van der Waals surface area contributed by atoms with Crippen LogP contribution in [0.3, 0.4) is 0 Å². The van der Waals surface area contributed by atoms with Crippen molar-refractivity contribution in [2.24, 2.45) is 0 Å². The number of carbonyl (C=O) groups is 2. The second-order valence-corrected chi connectivity index (χ2v) is 3.50. The van der Waals surface area contributed by atoms with Crippen LogP contribution >= 0.6 is 0 Å². The highest BCUT2D eigenvalue weighted by molar-refractivity contribution is 6.12. The number of hydrogen-bond acceptors (Lipinski definition) is 3. The molecule has 16 heavy (non-hydrogen) atoms. The number of Topliss-reactive ketones (excluding diaryl/α,β-unsaturated/α-hetero) is 1. The van der Waals surface area contributed by atoms with E-state index < -0.39 is 18.2 Å². The molecule has 0 aromatic heterocycles. The summed E-state index contributed by atoms with van der Waals surface area (Å²) in [5.74, 6) is -1.77. The van der Waals surface area contributed by atoms with Crippen LogP contribution in [0.5, 0.6) is 0 Å². The van der Waals surface area contributed by atoms with Crippen LogP contribution in [-0.2, 0) is 4.79 Å². The molecule has 0 aliphatic carbocycles. The second kappa shape index (κ2) is 4.14. The normalized spacial score (nSPS) is 10.2. The number of ketones is 1. The molecule has 0 heterocycles. The highest BCUT2D eigenvalue weighted by Crippen LogP contribution is 2.19. The molecule has 0 radical (unpaired) electrons.